The molecule has 13 heavy (non-hydrogen) atoms. The second-order valence-corrected chi connectivity index (χ2v) is 5.35. The normalized spacial score (nSPS) is 53.0. The average molecular weight is 178 g/mol. The van der Waals surface area contributed by atoms with Gasteiger partial charge < -0.3 is 0 Å². The van der Waals surface area contributed by atoms with Crippen LogP contribution in [0.1, 0.15) is 39.0 Å². The highest BCUT2D eigenvalue weighted by molar-refractivity contribution is 5.85. The molecule has 0 aliphatic heterocycles. The van der Waals surface area contributed by atoms with E-state index in [0.29, 0.717) is 17.6 Å². The Kier molecular flexibility index (Phi) is 1.59. The third-order valence-electron chi connectivity index (χ3n) is 4.79. The summed E-state index contributed by atoms with van der Waals surface area (Å²) in [4.78, 5) is 11.9. The molecule has 4 unspecified atom stereocenters. The minimum atomic E-state index is 0.487. The summed E-state index contributed by atoms with van der Waals surface area (Å²) < 4.78 is 0. The highest BCUT2D eigenvalue weighted by Gasteiger charge is 2.52. The van der Waals surface area contributed by atoms with Crippen LogP contribution in [0.3, 0.4) is 0 Å². The van der Waals surface area contributed by atoms with Gasteiger partial charge in [0.2, 0.25) is 0 Å². The maximum absolute atomic E-state index is 11.9. The van der Waals surface area contributed by atoms with E-state index in [1.54, 1.807) is 0 Å². The van der Waals surface area contributed by atoms with Gasteiger partial charge in [-0.2, -0.15) is 0 Å². The lowest BCUT2D eigenvalue weighted by atomic mass is 9.51. The largest absolute Gasteiger partial charge is 0.299 e. The number of carbonyl (C=O) groups is 1. The Morgan fingerprint density at radius 2 is 2.08 bits per heavy atom. The molecule has 1 heteroatoms. The lowest BCUT2D eigenvalue weighted by molar-refractivity contribution is -0.146. The van der Waals surface area contributed by atoms with Gasteiger partial charge in [-0.15, -0.1) is 0 Å². The van der Waals surface area contributed by atoms with Crippen molar-refractivity contribution in [3.63, 3.8) is 0 Å². The van der Waals surface area contributed by atoms with Crippen LogP contribution in [0, 0.1) is 29.6 Å². The number of carbonyl (C=O) groups excluding carboxylic acids is 1. The van der Waals surface area contributed by atoms with Gasteiger partial charge in [0.15, 0.2) is 0 Å². The highest BCUT2D eigenvalue weighted by atomic mass is 16.1. The van der Waals surface area contributed by atoms with Crippen molar-refractivity contribution in [2.24, 2.45) is 29.6 Å². The smallest absolute Gasteiger partial charge is 0.139 e. The van der Waals surface area contributed by atoms with Gasteiger partial charge in [0, 0.05) is 11.8 Å². The molecule has 0 amide bonds. The lowest BCUT2D eigenvalue weighted by Crippen LogP contribution is -2.50. The zero-order valence-corrected chi connectivity index (χ0v) is 8.33. The van der Waals surface area contributed by atoms with E-state index in [-0.39, 0.29) is 0 Å². The Labute approximate surface area is 79.9 Å². The number of rotatable bonds is 1. The van der Waals surface area contributed by atoms with Crippen LogP contribution in [0.25, 0.3) is 0 Å². The monoisotopic (exact) mass is 178 g/mol. The molecule has 5 atom stereocenters. The predicted molar refractivity (Wildman–Crippen MR) is 51.2 cm³/mol. The summed E-state index contributed by atoms with van der Waals surface area (Å²) >= 11 is 0. The number of hydrogen-bond donors (Lipinski definition) is 0. The van der Waals surface area contributed by atoms with Crippen LogP contribution in [-0.4, -0.2) is 5.78 Å². The molecule has 0 saturated heterocycles. The van der Waals surface area contributed by atoms with E-state index in [4.69, 9.17) is 0 Å². The van der Waals surface area contributed by atoms with E-state index in [1.165, 1.54) is 32.1 Å². The summed E-state index contributed by atoms with van der Waals surface area (Å²) in [6.07, 6.45) is 6.40. The van der Waals surface area contributed by atoms with Gasteiger partial charge in [0.1, 0.15) is 5.78 Å². The fourth-order valence-corrected chi connectivity index (χ4v) is 4.37. The zero-order valence-electron chi connectivity index (χ0n) is 8.33. The van der Waals surface area contributed by atoms with Crippen molar-refractivity contribution in [1.29, 1.82) is 0 Å². The van der Waals surface area contributed by atoms with Crippen LogP contribution in [0.4, 0.5) is 0 Å². The molecular weight excluding hydrogens is 160 g/mol. The van der Waals surface area contributed by atoms with E-state index in [2.05, 4.69) is 6.92 Å². The van der Waals surface area contributed by atoms with Crippen LogP contribution < -0.4 is 0 Å². The van der Waals surface area contributed by atoms with E-state index in [0.717, 1.165) is 17.8 Å². The Balaban J connectivity index is 1.94. The minimum absolute atomic E-state index is 0.487. The van der Waals surface area contributed by atoms with Gasteiger partial charge in [0.05, 0.1) is 0 Å². The molecule has 0 spiro atoms. The molecule has 1 nitrogen and oxygen atoms in total. The van der Waals surface area contributed by atoms with Crippen molar-refractivity contribution in [2.75, 3.05) is 0 Å². The first-order valence-electron chi connectivity index (χ1n) is 5.83. The molecule has 72 valence electrons. The van der Waals surface area contributed by atoms with Crippen LogP contribution in [0.5, 0.6) is 0 Å². The second-order valence-electron chi connectivity index (χ2n) is 5.35. The maximum atomic E-state index is 11.9. The minimum Gasteiger partial charge on any atom is -0.299 e. The molecule has 4 fully saturated rings. The SMILES string of the molecule is CC[C@H]1C2CC3CC(C2)C(=O)C1C3. The summed E-state index contributed by atoms with van der Waals surface area (Å²) in [6.45, 7) is 2.26. The Morgan fingerprint density at radius 1 is 1.23 bits per heavy atom. The Bertz CT molecular complexity index is 246. The average Bonchev–Trinajstić information content (AvgIpc) is 2.13. The molecule has 4 aliphatic carbocycles. The Hall–Kier alpha value is -0.330. The van der Waals surface area contributed by atoms with Crippen LogP contribution in [0.15, 0.2) is 0 Å². The molecule has 0 aromatic carbocycles. The summed E-state index contributed by atoms with van der Waals surface area (Å²) in [5.74, 6) is 4.23. The van der Waals surface area contributed by atoms with Crippen molar-refractivity contribution >= 4 is 5.78 Å². The fraction of sp³-hybridized carbons (Fsp3) is 0.917. The van der Waals surface area contributed by atoms with E-state index < -0.39 is 0 Å². The van der Waals surface area contributed by atoms with Gasteiger partial charge in [-0.05, 0) is 43.4 Å². The molecular formula is C12H18O. The summed E-state index contributed by atoms with van der Waals surface area (Å²) in [5, 5.41) is 0. The van der Waals surface area contributed by atoms with Gasteiger partial charge in [0.25, 0.3) is 0 Å². The van der Waals surface area contributed by atoms with Crippen LogP contribution >= 0.6 is 0 Å². The van der Waals surface area contributed by atoms with Gasteiger partial charge >= 0.3 is 0 Å². The van der Waals surface area contributed by atoms with E-state index >= 15 is 0 Å². The summed E-state index contributed by atoms with van der Waals surface area (Å²) in [5.41, 5.74) is 0. The second kappa shape index (κ2) is 2.59. The third kappa shape index (κ3) is 0.963. The zero-order chi connectivity index (χ0) is 9.00. The molecule has 0 aromatic heterocycles. The standard InChI is InChI=1S/C12H18O/c1-2-10-8-3-7-4-9(6-8)12(13)11(10)5-7/h7-11H,2-6H2,1H3/t7?,8?,9?,10-,11?/m0/s1. The van der Waals surface area contributed by atoms with Gasteiger partial charge in [-0.3, -0.25) is 4.79 Å². The quantitative estimate of drug-likeness (QED) is 0.603. The molecule has 0 aromatic rings. The van der Waals surface area contributed by atoms with Crippen molar-refractivity contribution in [3.05, 3.63) is 0 Å². The van der Waals surface area contributed by atoms with Gasteiger partial charge in [-0.1, -0.05) is 13.3 Å². The van der Waals surface area contributed by atoms with E-state index in [9.17, 15) is 4.79 Å². The van der Waals surface area contributed by atoms with Crippen LogP contribution in [-0.2, 0) is 4.79 Å². The molecule has 4 rings (SSSR count). The van der Waals surface area contributed by atoms with E-state index in [1.807, 2.05) is 0 Å². The molecule has 0 N–H and O–H groups in total. The van der Waals surface area contributed by atoms with Crippen molar-refractivity contribution in [3.8, 4) is 0 Å². The first kappa shape index (κ1) is 8.02. The first-order chi connectivity index (χ1) is 6.29. The van der Waals surface area contributed by atoms with Gasteiger partial charge in [-0.25, -0.2) is 0 Å². The third-order valence-corrected chi connectivity index (χ3v) is 4.79. The fourth-order valence-electron chi connectivity index (χ4n) is 4.37. The highest BCUT2D eigenvalue weighted by Crippen LogP contribution is 2.55. The summed E-state index contributed by atoms with van der Waals surface area (Å²) in [6, 6.07) is 0. The lowest BCUT2D eigenvalue weighted by Gasteiger charge is -2.53. The first-order valence-corrected chi connectivity index (χ1v) is 5.83. The number of Topliss-reactive ketones (excluding diaryl/α,β-unsaturated/α-hetero) is 1. The summed E-state index contributed by atoms with van der Waals surface area (Å²) in [7, 11) is 0. The van der Waals surface area contributed by atoms with Crippen molar-refractivity contribution in [1.82, 2.24) is 0 Å². The molecule has 4 bridgehead atoms. The molecule has 4 saturated carbocycles. The van der Waals surface area contributed by atoms with Crippen LogP contribution in [0.2, 0.25) is 0 Å². The van der Waals surface area contributed by atoms with Crippen molar-refractivity contribution in [2.45, 2.75) is 39.0 Å². The topological polar surface area (TPSA) is 17.1 Å². The molecule has 0 heterocycles. The Morgan fingerprint density at radius 3 is 2.85 bits per heavy atom. The molecule has 0 radical (unpaired) electrons. The van der Waals surface area contributed by atoms with Crippen molar-refractivity contribution < 1.29 is 4.79 Å². The predicted octanol–water partition coefficient (Wildman–Crippen LogP) is 2.65. The number of hydrogen-bond acceptors (Lipinski definition) is 1. The maximum Gasteiger partial charge on any atom is 0.139 e. The number of ketones is 1. The molecule has 4 aliphatic rings.